The van der Waals surface area contributed by atoms with Gasteiger partial charge in [-0.15, -0.1) is 0 Å². The molecule has 0 unspecified atom stereocenters. The zero-order valence-corrected chi connectivity index (χ0v) is 12.7. The van der Waals surface area contributed by atoms with Gasteiger partial charge < -0.3 is 10.2 Å². The van der Waals surface area contributed by atoms with Crippen LogP contribution in [0.1, 0.15) is 50.3 Å². The SMILES string of the molecule is CCCCCNCC(=O)N1CCc2ccccc2[C@@H]1C. The van der Waals surface area contributed by atoms with E-state index in [9.17, 15) is 4.79 Å². The first-order valence-electron chi connectivity index (χ1n) is 7.82. The fourth-order valence-electron chi connectivity index (χ4n) is 2.91. The average molecular weight is 274 g/mol. The fourth-order valence-corrected chi connectivity index (χ4v) is 2.91. The van der Waals surface area contributed by atoms with Gasteiger partial charge in [0.05, 0.1) is 12.6 Å². The Balaban J connectivity index is 1.86. The van der Waals surface area contributed by atoms with Crippen molar-refractivity contribution in [2.45, 2.75) is 45.6 Å². The number of nitrogens with zero attached hydrogens (tertiary/aromatic N) is 1. The van der Waals surface area contributed by atoms with Crippen LogP contribution in [-0.2, 0) is 11.2 Å². The van der Waals surface area contributed by atoms with Gasteiger partial charge >= 0.3 is 0 Å². The van der Waals surface area contributed by atoms with E-state index < -0.39 is 0 Å². The Hall–Kier alpha value is -1.35. The monoisotopic (exact) mass is 274 g/mol. The maximum Gasteiger partial charge on any atom is 0.237 e. The van der Waals surface area contributed by atoms with E-state index in [-0.39, 0.29) is 11.9 Å². The molecule has 20 heavy (non-hydrogen) atoms. The van der Waals surface area contributed by atoms with E-state index in [0.717, 1.165) is 25.9 Å². The lowest BCUT2D eigenvalue weighted by Gasteiger charge is -2.35. The highest BCUT2D eigenvalue weighted by Gasteiger charge is 2.26. The third-order valence-electron chi connectivity index (χ3n) is 4.15. The van der Waals surface area contributed by atoms with Crippen molar-refractivity contribution in [3.8, 4) is 0 Å². The van der Waals surface area contributed by atoms with Crippen LogP contribution >= 0.6 is 0 Å². The van der Waals surface area contributed by atoms with Gasteiger partial charge in [0.2, 0.25) is 5.91 Å². The average Bonchev–Trinajstić information content (AvgIpc) is 2.47. The predicted molar refractivity (Wildman–Crippen MR) is 82.7 cm³/mol. The molecule has 1 amide bonds. The van der Waals surface area contributed by atoms with Crippen molar-refractivity contribution in [2.75, 3.05) is 19.6 Å². The number of unbranched alkanes of at least 4 members (excludes halogenated alkanes) is 2. The fraction of sp³-hybridized carbons (Fsp3) is 0.588. The molecular formula is C17H26N2O. The molecule has 1 aliphatic rings. The van der Waals surface area contributed by atoms with Gasteiger partial charge in [-0.1, -0.05) is 44.0 Å². The topological polar surface area (TPSA) is 32.3 Å². The number of nitrogens with one attached hydrogen (secondary N) is 1. The molecule has 0 saturated carbocycles. The summed E-state index contributed by atoms with van der Waals surface area (Å²) in [4.78, 5) is 14.3. The Kier molecular flexibility index (Phi) is 5.60. The molecule has 110 valence electrons. The second-order valence-electron chi connectivity index (χ2n) is 5.60. The summed E-state index contributed by atoms with van der Waals surface area (Å²) in [5.41, 5.74) is 2.69. The Morgan fingerprint density at radius 1 is 1.35 bits per heavy atom. The standard InChI is InChI=1S/C17H26N2O/c1-3-4-7-11-18-13-17(20)19-12-10-15-8-5-6-9-16(15)14(19)2/h5-6,8-9,14,18H,3-4,7,10-13H2,1-2H3/t14-/m0/s1. The van der Waals surface area contributed by atoms with Crippen LogP contribution in [0.2, 0.25) is 0 Å². The Labute approximate surface area is 122 Å². The first-order valence-corrected chi connectivity index (χ1v) is 7.82. The third-order valence-corrected chi connectivity index (χ3v) is 4.15. The van der Waals surface area contributed by atoms with Gasteiger partial charge in [0.15, 0.2) is 0 Å². The molecule has 1 N–H and O–H groups in total. The molecule has 2 rings (SSSR count). The molecule has 0 spiro atoms. The normalized spacial score (nSPS) is 17.9. The molecule has 0 radical (unpaired) electrons. The first-order chi connectivity index (χ1) is 9.74. The molecule has 1 aliphatic heterocycles. The lowest BCUT2D eigenvalue weighted by Crippen LogP contribution is -2.43. The van der Waals surface area contributed by atoms with Crippen molar-refractivity contribution in [1.82, 2.24) is 10.2 Å². The summed E-state index contributed by atoms with van der Waals surface area (Å²) < 4.78 is 0. The highest BCUT2D eigenvalue weighted by Crippen LogP contribution is 2.28. The van der Waals surface area contributed by atoms with Crippen LogP contribution in [0.5, 0.6) is 0 Å². The molecular weight excluding hydrogens is 248 g/mol. The van der Waals surface area contributed by atoms with Gasteiger partial charge in [-0.3, -0.25) is 4.79 Å². The number of benzene rings is 1. The molecule has 0 saturated heterocycles. The van der Waals surface area contributed by atoms with Gasteiger partial charge in [0, 0.05) is 6.54 Å². The molecule has 1 aromatic rings. The molecule has 1 heterocycles. The Morgan fingerprint density at radius 2 is 2.15 bits per heavy atom. The molecule has 3 heteroatoms. The zero-order chi connectivity index (χ0) is 14.4. The van der Waals surface area contributed by atoms with E-state index in [4.69, 9.17) is 0 Å². The second-order valence-corrected chi connectivity index (χ2v) is 5.60. The van der Waals surface area contributed by atoms with Crippen LogP contribution in [0.4, 0.5) is 0 Å². The number of hydrogen-bond acceptors (Lipinski definition) is 2. The second kappa shape index (κ2) is 7.44. The number of hydrogen-bond donors (Lipinski definition) is 1. The van der Waals surface area contributed by atoms with Gasteiger partial charge in [0.25, 0.3) is 0 Å². The lowest BCUT2D eigenvalue weighted by atomic mass is 9.93. The largest absolute Gasteiger partial charge is 0.334 e. The highest BCUT2D eigenvalue weighted by molar-refractivity contribution is 5.79. The Bertz CT molecular complexity index is 444. The first kappa shape index (κ1) is 15.0. The number of rotatable bonds is 6. The van der Waals surface area contributed by atoms with E-state index in [1.807, 2.05) is 4.90 Å². The maximum absolute atomic E-state index is 12.3. The quantitative estimate of drug-likeness (QED) is 0.809. The van der Waals surface area contributed by atoms with Crippen molar-refractivity contribution in [2.24, 2.45) is 0 Å². The van der Waals surface area contributed by atoms with E-state index in [0.29, 0.717) is 6.54 Å². The van der Waals surface area contributed by atoms with Crippen molar-refractivity contribution < 1.29 is 4.79 Å². The predicted octanol–water partition coefficient (Wildman–Crippen LogP) is 2.91. The minimum absolute atomic E-state index is 0.199. The summed E-state index contributed by atoms with van der Waals surface area (Å²) in [7, 11) is 0. The van der Waals surface area contributed by atoms with Crippen molar-refractivity contribution in [3.63, 3.8) is 0 Å². The third kappa shape index (κ3) is 3.60. The molecule has 0 aliphatic carbocycles. The molecule has 0 aromatic heterocycles. The van der Waals surface area contributed by atoms with Crippen LogP contribution in [0.15, 0.2) is 24.3 Å². The lowest BCUT2D eigenvalue weighted by molar-refractivity contribution is -0.132. The molecule has 3 nitrogen and oxygen atoms in total. The molecule has 1 aromatic carbocycles. The summed E-state index contributed by atoms with van der Waals surface area (Å²) in [6, 6.07) is 8.67. The van der Waals surface area contributed by atoms with E-state index in [1.165, 1.54) is 24.0 Å². The van der Waals surface area contributed by atoms with Crippen LogP contribution in [0.3, 0.4) is 0 Å². The van der Waals surface area contributed by atoms with Crippen LogP contribution in [-0.4, -0.2) is 30.4 Å². The molecule has 0 fully saturated rings. The van der Waals surface area contributed by atoms with Crippen LogP contribution in [0, 0.1) is 0 Å². The van der Waals surface area contributed by atoms with Crippen LogP contribution in [0.25, 0.3) is 0 Å². The zero-order valence-electron chi connectivity index (χ0n) is 12.7. The van der Waals surface area contributed by atoms with Crippen molar-refractivity contribution in [3.05, 3.63) is 35.4 Å². The number of carbonyl (C=O) groups excluding carboxylic acids is 1. The van der Waals surface area contributed by atoms with Gasteiger partial charge in [-0.25, -0.2) is 0 Å². The minimum atomic E-state index is 0.199. The maximum atomic E-state index is 12.3. The van der Waals surface area contributed by atoms with E-state index in [2.05, 4.69) is 43.4 Å². The van der Waals surface area contributed by atoms with Crippen molar-refractivity contribution in [1.29, 1.82) is 0 Å². The Morgan fingerprint density at radius 3 is 2.95 bits per heavy atom. The highest BCUT2D eigenvalue weighted by atomic mass is 16.2. The van der Waals surface area contributed by atoms with E-state index >= 15 is 0 Å². The smallest absolute Gasteiger partial charge is 0.237 e. The van der Waals surface area contributed by atoms with Gasteiger partial charge in [-0.2, -0.15) is 0 Å². The van der Waals surface area contributed by atoms with Crippen molar-refractivity contribution >= 4 is 5.91 Å². The van der Waals surface area contributed by atoms with Gasteiger partial charge in [-0.05, 0) is 37.4 Å². The summed E-state index contributed by atoms with van der Waals surface area (Å²) in [5, 5.41) is 3.27. The summed E-state index contributed by atoms with van der Waals surface area (Å²) >= 11 is 0. The van der Waals surface area contributed by atoms with Crippen LogP contribution < -0.4 is 5.32 Å². The summed E-state index contributed by atoms with van der Waals surface area (Å²) in [6.07, 6.45) is 4.58. The molecule has 1 atom stereocenters. The van der Waals surface area contributed by atoms with Gasteiger partial charge in [0.1, 0.15) is 0 Å². The summed E-state index contributed by atoms with van der Waals surface area (Å²) in [5.74, 6) is 0.225. The molecule has 0 bridgehead atoms. The summed E-state index contributed by atoms with van der Waals surface area (Å²) in [6.45, 7) is 6.58. The number of fused-ring (bicyclic) bond motifs is 1. The van der Waals surface area contributed by atoms with E-state index in [1.54, 1.807) is 0 Å². The number of amides is 1. The number of carbonyl (C=O) groups is 1. The minimum Gasteiger partial charge on any atom is -0.334 e.